The van der Waals surface area contributed by atoms with Gasteiger partial charge in [0.15, 0.2) is 0 Å². The summed E-state index contributed by atoms with van der Waals surface area (Å²) in [6.07, 6.45) is 4.83. The Balaban J connectivity index is 1.80. The van der Waals surface area contributed by atoms with Gasteiger partial charge in [-0.15, -0.1) is 0 Å². The second-order valence-electron chi connectivity index (χ2n) is 6.32. The van der Waals surface area contributed by atoms with Crippen molar-refractivity contribution in [3.8, 4) is 11.3 Å². The first-order valence-electron chi connectivity index (χ1n) is 8.24. The lowest BCUT2D eigenvalue weighted by molar-refractivity contribution is 0.0927. The second kappa shape index (κ2) is 6.82. The number of carbonyl (C=O) groups excluding carboxylic acids is 1. The first-order chi connectivity index (χ1) is 11.1. The maximum atomic E-state index is 12.5. The van der Waals surface area contributed by atoms with Crippen molar-refractivity contribution in [3.63, 3.8) is 0 Å². The number of pyridine rings is 1. The number of rotatable bonds is 4. The fourth-order valence-corrected chi connectivity index (χ4v) is 3.31. The highest BCUT2D eigenvalue weighted by Crippen LogP contribution is 2.27. The molecule has 0 saturated heterocycles. The molecule has 0 radical (unpaired) electrons. The SMILES string of the molecule is C[C@@H](NC(=O)c1cc(-c2ccccc2)[nH]c(=O)c1)C1CCCC1. The Morgan fingerprint density at radius 2 is 1.87 bits per heavy atom. The van der Waals surface area contributed by atoms with Crippen LogP contribution in [0.5, 0.6) is 0 Å². The largest absolute Gasteiger partial charge is 0.349 e. The Kier molecular flexibility index (Phi) is 4.60. The van der Waals surface area contributed by atoms with Gasteiger partial charge in [-0.2, -0.15) is 0 Å². The predicted octanol–water partition coefficient (Wildman–Crippen LogP) is 3.35. The fourth-order valence-electron chi connectivity index (χ4n) is 3.31. The van der Waals surface area contributed by atoms with Crippen molar-refractivity contribution in [2.45, 2.75) is 38.6 Å². The van der Waals surface area contributed by atoms with Crippen LogP contribution >= 0.6 is 0 Å². The van der Waals surface area contributed by atoms with Gasteiger partial charge >= 0.3 is 0 Å². The normalized spacial score (nSPS) is 16.2. The molecule has 1 heterocycles. The molecule has 0 unspecified atom stereocenters. The Hall–Kier alpha value is -2.36. The summed E-state index contributed by atoms with van der Waals surface area (Å²) in [6, 6.07) is 12.8. The van der Waals surface area contributed by atoms with Gasteiger partial charge in [0.05, 0.1) is 0 Å². The van der Waals surface area contributed by atoms with E-state index in [1.54, 1.807) is 6.07 Å². The second-order valence-corrected chi connectivity index (χ2v) is 6.32. The summed E-state index contributed by atoms with van der Waals surface area (Å²) in [5.41, 5.74) is 1.71. The molecular weight excluding hydrogens is 288 g/mol. The first-order valence-corrected chi connectivity index (χ1v) is 8.24. The average molecular weight is 310 g/mol. The third-order valence-corrected chi connectivity index (χ3v) is 4.66. The summed E-state index contributed by atoms with van der Waals surface area (Å²) in [5, 5.41) is 3.05. The number of aromatic nitrogens is 1. The van der Waals surface area contributed by atoms with Gasteiger partial charge in [0.25, 0.3) is 5.91 Å². The lowest BCUT2D eigenvalue weighted by atomic mass is 9.99. The van der Waals surface area contributed by atoms with Crippen LogP contribution in [0.4, 0.5) is 0 Å². The van der Waals surface area contributed by atoms with E-state index in [-0.39, 0.29) is 17.5 Å². The highest BCUT2D eigenvalue weighted by molar-refractivity contribution is 5.95. The molecule has 4 heteroatoms. The van der Waals surface area contributed by atoms with E-state index < -0.39 is 0 Å². The third-order valence-electron chi connectivity index (χ3n) is 4.66. The van der Waals surface area contributed by atoms with Crippen LogP contribution in [0.3, 0.4) is 0 Å². The number of nitrogens with one attached hydrogen (secondary N) is 2. The zero-order valence-corrected chi connectivity index (χ0v) is 13.3. The van der Waals surface area contributed by atoms with Gasteiger partial charge in [0, 0.05) is 23.4 Å². The fraction of sp³-hybridized carbons (Fsp3) is 0.368. The number of hydrogen-bond donors (Lipinski definition) is 2. The van der Waals surface area contributed by atoms with Crippen LogP contribution in [-0.4, -0.2) is 16.9 Å². The lowest BCUT2D eigenvalue weighted by Gasteiger charge is -2.20. The maximum absolute atomic E-state index is 12.5. The Morgan fingerprint density at radius 1 is 1.17 bits per heavy atom. The molecular formula is C19H22N2O2. The third kappa shape index (κ3) is 3.70. The molecule has 0 bridgehead atoms. The zero-order chi connectivity index (χ0) is 16.2. The molecule has 1 aliphatic rings. The summed E-state index contributed by atoms with van der Waals surface area (Å²) < 4.78 is 0. The van der Waals surface area contributed by atoms with Gasteiger partial charge < -0.3 is 10.3 Å². The maximum Gasteiger partial charge on any atom is 0.251 e. The molecule has 1 aliphatic carbocycles. The number of benzene rings is 1. The van der Waals surface area contributed by atoms with E-state index in [1.165, 1.54) is 31.7 Å². The molecule has 0 aliphatic heterocycles. The summed E-state index contributed by atoms with van der Waals surface area (Å²) >= 11 is 0. The van der Waals surface area contributed by atoms with Crippen LogP contribution in [0.25, 0.3) is 11.3 Å². The van der Waals surface area contributed by atoms with Gasteiger partial charge in [0.1, 0.15) is 0 Å². The number of aromatic amines is 1. The van der Waals surface area contributed by atoms with E-state index in [2.05, 4.69) is 17.2 Å². The van der Waals surface area contributed by atoms with E-state index in [0.717, 1.165) is 5.56 Å². The van der Waals surface area contributed by atoms with Crippen LogP contribution in [-0.2, 0) is 0 Å². The number of amides is 1. The molecule has 2 aromatic rings. The van der Waals surface area contributed by atoms with Gasteiger partial charge in [-0.05, 0) is 37.3 Å². The minimum absolute atomic E-state index is 0.143. The molecule has 3 rings (SSSR count). The van der Waals surface area contributed by atoms with Crippen LogP contribution in [0.2, 0.25) is 0 Å². The molecule has 2 N–H and O–H groups in total. The summed E-state index contributed by atoms with van der Waals surface area (Å²) in [5.74, 6) is 0.377. The van der Waals surface area contributed by atoms with Crippen LogP contribution in [0, 0.1) is 5.92 Å². The lowest BCUT2D eigenvalue weighted by Crippen LogP contribution is -2.37. The van der Waals surface area contributed by atoms with E-state index in [1.807, 2.05) is 30.3 Å². The molecule has 0 spiro atoms. The van der Waals surface area contributed by atoms with E-state index >= 15 is 0 Å². The van der Waals surface area contributed by atoms with Crippen LogP contribution < -0.4 is 10.9 Å². The average Bonchev–Trinajstić information content (AvgIpc) is 3.09. The predicted molar refractivity (Wildman–Crippen MR) is 91.4 cm³/mol. The van der Waals surface area contributed by atoms with Crippen molar-refractivity contribution >= 4 is 5.91 Å². The molecule has 1 amide bonds. The smallest absolute Gasteiger partial charge is 0.251 e. The van der Waals surface area contributed by atoms with Gasteiger partial charge in [-0.3, -0.25) is 9.59 Å². The summed E-state index contributed by atoms with van der Waals surface area (Å²) in [6.45, 7) is 2.05. The highest BCUT2D eigenvalue weighted by Gasteiger charge is 2.23. The van der Waals surface area contributed by atoms with Crippen molar-refractivity contribution in [1.29, 1.82) is 0 Å². The molecule has 1 atom stereocenters. The van der Waals surface area contributed by atoms with E-state index in [9.17, 15) is 9.59 Å². The number of carbonyl (C=O) groups is 1. The quantitative estimate of drug-likeness (QED) is 0.909. The highest BCUT2D eigenvalue weighted by atomic mass is 16.2. The molecule has 1 fully saturated rings. The standard InChI is InChI=1S/C19H22N2O2/c1-13(14-7-5-6-8-14)20-19(23)16-11-17(21-18(22)12-16)15-9-3-2-4-10-15/h2-4,9-14H,5-8H2,1H3,(H,20,23)(H,21,22)/t13-/m1/s1. The molecule has 1 aromatic heterocycles. The number of H-pyrrole nitrogens is 1. The van der Waals surface area contributed by atoms with Crippen molar-refractivity contribution in [1.82, 2.24) is 10.3 Å². The van der Waals surface area contributed by atoms with E-state index in [4.69, 9.17) is 0 Å². The molecule has 120 valence electrons. The first kappa shape index (κ1) is 15.5. The minimum Gasteiger partial charge on any atom is -0.349 e. The zero-order valence-electron chi connectivity index (χ0n) is 13.3. The van der Waals surface area contributed by atoms with Crippen molar-refractivity contribution in [2.75, 3.05) is 0 Å². The summed E-state index contributed by atoms with van der Waals surface area (Å²) in [4.78, 5) is 27.2. The van der Waals surface area contributed by atoms with Crippen LogP contribution in [0.15, 0.2) is 47.3 Å². The van der Waals surface area contributed by atoms with Crippen molar-refractivity contribution in [3.05, 3.63) is 58.4 Å². The molecule has 23 heavy (non-hydrogen) atoms. The van der Waals surface area contributed by atoms with Gasteiger partial charge in [0.2, 0.25) is 5.56 Å². The Bertz CT molecular complexity index is 731. The summed E-state index contributed by atoms with van der Waals surface area (Å²) in [7, 11) is 0. The topological polar surface area (TPSA) is 62.0 Å². The van der Waals surface area contributed by atoms with Crippen LogP contribution in [0.1, 0.15) is 43.0 Å². The van der Waals surface area contributed by atoms with Crippen molar-refractivity contribution < 1.29 is 4.79 Å². The minimum atomic E-state index is -0.259. The molecule has 1 aromatic carbocycles. The molecule has 4 nitrogen and oxygen atoms in total. The van der Waals surface area contributed by atoms with E-state index in [0.29, 0.717) is 17.2 Å². The van der Waals surface area contributed by atoms with Crippen molar-refractivity contribution in [2.24, 2.45) is 5.92 Å². The monoisotopic (exact) mass is 310 g/mol. The number of hydrogen-bond acceptors (Lipinski definition) is 2. The van der Waals surface area contributed by atoms with Gasteiger partial charge in [-0.25, -0.2) is 0 Å². The Labute approximate surface area is 135 Å². The molecule has 1 saturated carbocycles. The van der Waals surface area contributed by atoms with Gasteiger partial charge in [-0.1, -0.05) is 43.2 Å². The Morgan fingerprint density at radius 3 is 2.57 bits per heavy atom.